The van der Waals surface area contributed by atoms with Crippen LogP contribution >= 0.6 is 12.2 Å². The van der Waals surface area contributed by atoms with Crippen LogP contribution < -0.4 is 29.3 Å². The van der Waals surface area contributed by atoms with Crippen LogP contribution in [0.25, 0.3) is 11.3 Å². The Morgan fingerprint density at radius 2 is 1.78 bits per heavy atom. The predicted octanol–water partition coefficient (Wildman–Crippen LogP) is 5.12. The van der Waals surface area contributed by atoms with Crippen LogP contribution in [0.3, 0.4) is 0 Å². The number of thiocarbonyl (C=S) groups is 1. The van der Waals surface area contributed by atoms with Gasteiger partial charge < -0.3 is 24.0 Å². The summed E-state index contributed by atoms with van der Waals surface area (Å²) in [4.78, 5) is 85.1. The first-order chi connectivity index (χ1) is 31.0. The minimum Gasteiger partial charge on any atom is -0.492 e. The molecule has 336 valence electrons. The fraction of sp³-hybridized carbons (Fsp3) is 0.311. The van der Waals surface area contributed by atoms with Crippen LogP contribution in [-0.2, 0) is 24.0 Å². The maximum absolute atomic E-state index is 15.8. The molecule has 1 unspecified atom stereocenters. The van der Waals surface area contributed by atoms with Crippen LogP contribution in [0.2, 0.25) is 0 Å². The van der Waals surface area contributed by atoms with Crippen molar-refractivity contribution < 1.29 is 56.1 Å². The molecule has 0 aliphatic carbocycles. The Bertz CT molecular complexity index is 2700. The summed E-state index contributed by atoms with van der Waals surface area (Å²) in [7, 11) is 1.18. The van der Waals surface area contributed by atoms with Gasteiger partial charge in [-0.25, -0.2) is 13.2 Å². The average Bonchev–Trinajstić information content (AvgIpc) is 3.45. The number of ether oxygens (including phenoxy) is 3. The number of hydrogen-bond donors (Lipinski definition) is 1. The lowest BCUT2D eigenvalue weighted by Gasteiger charge is -2.32. The van der Waals surface area contributed by atoms with Crippen molar-refractivity contribution in [2.75, 3.05) is 36.6 Å². The van der Waals surface area contributed by atoms with Crippen molar-refractivity contribution in [2.24, 2.45) is 0 Å². The van der Waals surface area contributed by atoms with Crippen LogP contribution in [-0.4, -0.2) is 100 Å². The second-order valence-electron chi connectivity index (χ2n) is 15.8. The molecule has 7 rings (SSSR count). The van der Waals surface area contributed by atoms with Gasteiger partial charge in [0, 0.05) is 50.0 Å². The smallest absolute Gasteiger partial charge is 0.265 e. The number of carbonyl (C=O) groups is 6. The molecule has 4 aromatic rings. The molecule has 65 heavy (non-hydrogen) atoms. The van der Waals surface area contributed by atoms with Crippen molar-refractivity contribution in [2.45, 2.75) is 64.1 Å². The molecular weight excluding hydrogens is 872 g/mol. The molecule has 20 heteroatoms. The van der Waals surface area contributed by atoms with E-state index in [1.165, 1.54) is 62.4 Å². The fourth-order valence-corrected chi connectivity index (χ4v) is 8.49. The Labute approximate surface area is 375 Å². The normalized spacial score (nSPS) is 17.4. The number of halogens is 3. The first-order valence-electron chi connectivity index (χ1n) is 20.2. The molecule has 3 aliphatic heterocycles. The van der Waals surface area contributed by atoms with E-state index in [0.717, 1.165) is 17.0 Å². The molecule has 4 heterocycles. The maximum atomic E-state index is 15.8. The van der Waals surface area contributed by atoms with Gasteiger partial charge in [0.1, 0.15) is 46.8 Å². The summed E-state index contributed by atoms with van der Waals surface area (Å²) in [5.74, 6) is -6.09. The maximum Gasteiger partial charge on any atom is 0.265 e. The molecule has 1 aromatic heterocycles. The molecule has 1 N–H and O–H groups in total. The van der Waals surface area contributed by atoms with Gasteiger partial charge in [-0.3, -0.25) is 48.9 Å². The molecule has 3 aromatic carbocycles. The number of benzene rings is 3. The van der Waals surface area contributed by atoms with Gasteiger partial charge in [-0.15, -0.1) is 0 Å². The van der Waals surface area contributed by atoms with Crippen LogP contribution in [0.4, 0.5) is 24.5 Å². The molecule has 3 saturated heterocycles. The Morgan fingerprint density at radius 1 is 1.05 bits per heavy atom. The Balaban J connectivity index is 0.965. The van der Waals surface area contributed by atoms with E-state index in [0.29, 0.717) is 23.3 Å². The van der Waals surface area contributed by atoms with Crippen LogP contribution in [0.5, 0.6) is 17.2 Å². The first-order valence-corrected chi connectivity index (χ1v) is 20.6. The van der Waals surface area contributed by atoms with E-state index in [1.54, 1.807) is 24.0 Å². The number of amides is 6. The van der Waals surface area contributed by atoms with E-state index < -0.39 is 71.3 Å². The topological polar surface area (TPSA) is 192 Å². The van der Waals surface area contributed by atoms with E-state index in [2.05, 4.69) is 10.3 Å². The molecular formula is C45H40F3N7O9S. The van der Waals surface area contributed by atoms with Gasteiger partial charge >= 0.3 is 0 Å². The number of likely N-dealkylation sites (tertiary alicyclic amines) is 1. The number of hydrogen-bond acceptors (Lipinski definition) is 12. The number of aryl methyl sites for hydroxylation is 1. The third-order valence-electron chi connectivity index (χ3n) is 11.4. The largest absolute Gasteiger partial charge is 0.492 e. The zero-order chi connectivity index (χ0) is 46.9. The monoisotopic (exact) mass is 911 g/mol. The quantitative estimate of drug-likeness (QED) is 0.112. The van der Waals surface area contributed by atoms with Crippen LogP contribution in [0.1, 0.15) is 61.0 Å². The van der Waals surface area contributed by atoms with Gasteiger partial charge in [-0.2, -0.15) is 5.26 Å². The molecule has 16 nitrogen and oxygen atoms in total. The molecule has 3 fully saturated rings. The first kappa shape index (κ1) is 45.6. The number of nitrogens with one attached hydrogen (secondary N) is 1. The molecule has 0 spiro atoms. The summed E-state index contributed by atoms with van der Waals surface area (Å²) in [5, 5.41) is 11.3. The van der Waals surface area contributed by atoms with E-state index in [1.807, 2.05) is 6.07 Å². The Kier molecular flexibility index (Phi) is 12.9. The van der Waals surface area contributed by atoms with E-state index in [-0.39, 0.29) is 88.5 Å². The van der Waals surface area contributed by atoms with Gasteiger partial charge in [0.25, 0.3) is 17.7 Å². The number of aromatic nitrogens is 1. The van der Waals surface area contributed by atoms with Crippen molar-refractivity contribution in [1.29, 1.82) is 5.26 Å². The summed E-state index contributed by atoms with van der Waals surface area (Å²) in [6.45, 7) is 4.71. The number of nitriles is 1. The molecule has 1 atom stereocenters. The summed E-state index contributed by atoms with van der Waals surface area (Å²) < 4.78 is 63.9. The second kappa shape index (κ2) is 18.4. The highest BCUT2D eigenvalue weighted by Gasteiger charge is 2.51. The number of carbonyl (C=O) groups excluding carboxylic acids is 6. The molecule has 6 amide bonds. The van der Waals surface area contributed by atoms with E-state index in [9.17, 15) is 34.0 Å². The lowest BCUT2D eigenvalue weighted by Crippen LogP contribution is -2.54. The highest BCUT2D eigenvalue weighted by atomic mass is 32.1. The lowest BCUT2D eigenvalue weighted by molar-refractivity contribution is -0.139. The number of nitrogens with zero attached hydrogens (tertiary/aromatic N) is 6. The van der Waals surface area contributed by atoms with Gasteiger partial charge in [0.05, 0.1) is 35.8 Å². The lowest BCUT2D eigenvalue weighted by atomic mass is 10.0. The van der Waals surface area contributed by atoms with E-state index >= 15 is 13.2 Å². The minimum absolute atomic E-state index is 0.0133. The number of pyridine rings is 1. The summed E-state index contributed by atoms with van der Waals surface area (Å²) in [5.41, 5.74) is -1.86. The van der Waals surface area contributed by atoms with Gasteiger partial charge in [-0.05, 0) is 75.3 Å². The minimum atomic E-state index is -1.45. The third-order valence-corrected chi connectivity index (χ3v) is 11.7. The SMILES string of the molecule is COc1c(C#N)ccc(N2C(=O)C(C)(C)N(c3cnc(-c4ccc(OC5CCN(C(=O)COc6cccc(C)c6C(=O)N(C=O)C6CCC(=O)NC6=O)CC5)cc4F)c(F)c3)C2=S)c1F. The molecule has 3 aliphatic rings. The third kappa shape index (κ3) is 8.66. The number of anilines is 2. The Hall–Kier alpha value is -7.40. The molecule has 0 radical (unpaired) electrons. The molecule has 0 saturated carbocycles. The standard InChI is InChI=1S/C45H40F3N7O9S/c1-24-6-5-7-34(37(24)42(60)53(23-56)33-12-13-35(57)51-41(33)59)63-22-36(58)52-16-14-27(15-17-52)64-28-9-10-29(30(46)19-28)39-31(47)18-26(21-50-39)55-44(65)54(43(61)45(55,2)3)32-11-8-25(20-49)40(62-4)38(32)48/h5-11,18-19,21,23,27,33H,12-17,22H2,1-4H3,(H,51,57,59). The summed E-state index contributed by atoms with van der Waals surface area (Å²) >= 11 is 5.60. The zero-order valence-corrected chi connectivity index (χ0v) is 36.2. The summed E-state index contributed by atoms with van der Waals surface area (Å²) in [6.07, 6.45) is 1.71. The number of rotatable bonds is 12. The van der Waals surface area contributed by atoms with Crippen molar-refractivity contribution in [1.82, 2.24) is 20.1 Å². The van der Waals surface area contributed by atoms with Gasteiger partial charge in [-0.1, -0.05) is 12.1 Å². The zero-order valence-electron chi connectivity index (χ0n) is 35.4. The van der Waals surface area contributed by atoms with Crippen molar-refractivity contribution in [3.05, 3.63) is 94.9 Å². The highest BCUT2D eigenvalue weighted by Crippen LogP contribution is 2.41. The highest BCUT2D eigenvalue weighted by molar-refractivity contribution is 7.81. The van der Waals surface area contributed by atoms with Crippen LogP contribution in [0.15, 0.2) is 60.8 Å². The number of piperidine rings is 2. The van der Waals surface area contributed by atoms with Crippen LogP contribution in [0, 0.1) is 35.7 Å². The molecule has 0 bridgehead atoms. The predicted molar refractivity (Wildman–Crippen MR) is 229 cm³/mol. The van der Waals surface area contributed by atoms with E-state index in [4.69, 9.17) is 26.4 Å². The number of methoxy groups -OCH3 is 1. The van der Waals surface area contributed by atoms with Crippen molar-refractivity contribution in [3.8, 4) is 34.6 Å². The Morgan fingerprint density at radius 3 is 2.43 bits per heavy atom. The number of imide groups is 2. The van der Waals surface area contributed by atoms with Gasteiger partial charge in [0.2, 0.25) is 18.2 Å². The summed E-state index contributed by atoms with van der Waals surface area (Å²) in [6, 6.07) is 12.7. The van der Waals surface area contributed by atoms with Gasteiger partial charge in [0.15, 0.2) is 29.1 Å². The average molecular weight is 912 g/mol. The fourth-order valence-electron chi connectivity index (χ4n) is 7.98. The second-order valence-corrected chi connectivity index (χ2v) is 16.2. The van der Waals surface area contributed by atoms with Crippen molar-refractivity contribution >= 4 is 64.7 Å². The van der Waals surface area contributed by atoms with Crippen molar-refractivity contribution in [3.63, 3.8) is 0 Å².